The number of methoxy groups -OCH3 is 1. The van der Waals surface area contributed by atoms with Crippen molar-refractivity contribution in [2.45, 2.75) is 18.4 Å². The predicted octanol–water partition coefficient (Wildman–Crippen LogP) is 1.38. The monoisotopic (exact) mass is 218 g/mol. The van der Waals surface area contributed by atoms with Gasteiger partial charge >= 0.3 is 5.35 Å². The summed E-state index contributed by atoms with van der Waals surface area (Å²) in [5.74, 6) is 0.508. The number of hydrogen-bond donors (Lipinski definition) is 0. The van der Waals surface area contributed by atoms with Crippen LogP contribution in [0.1, 0.15) is 18.7 Å². The lowest BCUT2D eigenvalue weighted by Crippen LogP contribution is -2.36. The molecule has 6 heteroatoms. The van der Waals surface area contributed by atoms with Crippen molar-refractivity contribution in [3.63, 3.8) is 0 Å². The van der Waals surface area contributed by atoms with Gasteiger partial charge in [-0.3, -0.25) is 0 Å². The van der Waals surface area contributed by atoms with Crippen LogP contribution in [0, 0.1) is 0 Å². The summed E-state index contributed by atoms with van der Waals surface area (Å²) < 4.78 is 15.4. The summed E-state index contributed by atoms with van der Waals surface area (Å²) in [4.78, 5) is 3.98. The fraction of sp³-hybridized carbons (Fsp3) is 0.750. The minimum atomic E-state index is -0.491. The second kappa shape index (κ2) is 3.84. The van der Waals surface area contributed by atoms with Crippen LogP contribution in [-0.2, 0) is 15.1 Å². The summed E-state index contributed by atoms with van der Waals surface area (Å²) in [5.41, 5.74) is -0.491. The number of aromatic nitrogens is 2. The lowest BCUT2D eigenvalue weighted by molar-refractivity contribution is -0.101. The van der Waals surface area contributed by atoms with Gasteiger partial charge in [-0.1, -0.05) is 5.16 Å². The molecule has 0 atom stereocenters. The van der Waals surface area contributed by atoms with Gasteiger partial charge in [-0.15, -0.1) is 0 Å². The van der Waals surface area contributed by atoms with Crippen molar-refractivity contribution in [2.24, 2.45) is 0 Å². The zero-order valence-electron chi connectivity index (χ0n) is 7.83. The van der Waals surface area contributed by atoms with E-state index >= 15 is 0 Å². The van der Waals surface area contributed by atoms with Gasteiger partial charge in [0.15, 0.2) is 0 Å². The van der Waals surface area contributed by atoms with Crippen molar-refractivity contribution in [2.75, 3.05) is 20.3 Å². The predicted molar refractivity (Wildman–Crippen MR) is 48.0 cm³/mol. The summed E-state index contributed by atoms with van der Waals surface area (Å²) in [6.45, 7) is 1.28. The lowest BCUT2D eigenvalue weighted by Gasteiger charge is -2.32. The molecule has 0 saturated carbocycles. The molecule has 1 aromatic rings. The van der Waals surface area contributed by atoms with Crippen LogP contribution in [0.5, 0.6) is 0 Å². The molecule has 14 heavy (non-hydrogen) atoms. The SMILES string of the molecule is COC1(c2noc(Cl)n2)CCOCC1. The Hall–Kier alpha value is -0.650. The Morgan fingerprint density at radius 1 is 1.43 bits per heavy atom. The molecule has 78 valence electrons. The Labute approximate surface area is 86.3 Å². The molecule has 0 bridgehead atoms. The maximum absolute atomic E-state index is 5.57. The largest absolute Gasteiger partial charge is 0.381 e. The first-order valence-corrected chi connectivity index (χ1v) is 4.77. The Balaban J connectivity index is 2.26. The molecule has 2 rings (SSSR count). The molecule has 0 aliphatic carbocycles. The second-order valence-electron chi connectivity index (χ2n) is 3.18. The van der Waals surface area contributed by atoms with Crippen LogP contribution in [-0.4, -0.2) is 30.5 Å². The topological polar surface area (TPSA) is 57.4 Å². The van der Waals surface area contributed by atoms with Gasteiger partial charge in [0.25, 0.3) is 0 Å². The molecule has 1 fully saturated rings. The summed E-state index contributed by atoms with van der Waals surface area (Å²) in [5, 5.41) is 3.83. The van der Waals surface area contributed by atoms with Crippen LogP contribution >= 0.6 is 11.6 Å². The smallest absolute Gasteiger partial charge is 0.320 e. The third-order valence-electron chi connectivity index (χ3n) is 2.50. The van der Waals surface area contributed by atoms with E-state index in [1.54, 1.807) is 7.11 Å². The Bertz CT molecular complexity index is 309. The van der Waals surface area contributed by atoms with Crippen LogP contribution in [0.25, 0.3) is 0 Å². The van der Waals surface area contributed by atoms with Gasteiger partial charge in [0.05, 0.1) is 0 Å². The standard InChI is InChI=1S/C8H11ClN2O3/c1-12-8(2-4-13-5-3-8)6-10-7(9)14-11-6/h2-5H2,1H3. The number of halogens is 1. The molecule has 5 nitrogen and oxygen atoms in total. The van der Waals surface area contributed by atoms with Gasteiger partial charge in [-0.2, -0.15) is 4.98 Å². The third kappa shape index (κ3) is 1.63. The molecule has 1 aliphatic rings. The molecule has 0 radical (unpaired) electrons. The van der Waals surface area contributed by atoms with Crippen LogP contribution in [0.2, 0.25) is 5.35 Å². The molecular weight excluding hydrogens is 208 g/mol. The van der Waals surface area contributed by atoms with Crippen LogP contribution in [0.4, 0.5) is 0 Å². The highest BCUT2D eigenvalue weighted by Crippen LogP contribution is 2.33. The van der Waals surface area contributed by atoms with Crippen LogP contribution in [0.15, 0.2) is 4.52 Å². The molecule has 1 aromatic heterocycles. The molecule has 1 saturated heterocycles. The highest BCUT2D eigenvalue weighted by atomic mass is 35.5. The third-order valence-corrected chi connectivity index (χ3v) is 2.65. The average Bonchev–Trinajstić information content (AvgIpc) is 2.66. The van der Waals surface area contributed by atoms with E-state index in [9.17, 15) is 0 Å². The van der Waals surface area contributed by atoms with E-state index in [1.807, 2.05) is 0 Å². The second-order valence-corrected chi connectivity index (χ2v) is 3.51. The van der Waals surface area contributed by atoms with E-state index in [4.69, 9.17) is 25.6 Å². The first kappa shape index (κ1) is 9.89. The number of hydrogen-bond acceptors (Lipinski definition) is 5. The number of nitrogens with zero attached hydrogens (tertiary/aromatic N) is 2. The molecule has 1 aliphatic heterocycles. The fourth-order valence-electron chi connectivity index (χ4n) is 1.61. The van der Waals surface area contributed by atoms with Crippen LogP contribution < -0.4 is 0 Å². The first-order chi connectivity index (χ1) is 6.77. The van der Waals surface area contributed by atoms with E-state index in [1.165, 1.54) is 0 Å². The zero-order chi connectivity index (χ0) is 10.0. The van der Waals surface area contributed by atoms with Crippen LogP contribution in [0.3, 0.4) is 0 Å². The average molecular weight is 219 g/mol. The lowest BCUT2D eigenvalue weighted by atomic mass is 9.93. The Morgan fingerprint density at radius 3 is 2.64 bits per heavy atom. The van der Waals surface area contributed by atoms with Crippen molar-refractivity contribution >= 4 is 11.6 Å². The van der Waals surface area contributed by atoms with Crippen molar-refractivity contribution in [1.29, 1.82) is 0 Å². The van der Waals surface area contributed by atoms with Crippen molar-refractivity contribution < 1.29 is 14.0 Å². The summed E-state index contributed by atoms with van der Waals surface area (Å²) in [6.07, 6.45) is 1.44. The molecule has 0 amide bonds. The van der Waals surface area contributed by atoms with E-state index in [0.29, 0.717) is 19.0 Å². The van der Waals surface area contributed by atoms with E-state index in [0.717, 1.165) is 12.8 Å². The van der Waals surface area contributed by atoms with E-state index in [-0.39, 0.29) is 5.35 Å². The van der Waals surface area contributed by atoms with E-state index in [2.05, 4.69) is 10.1 Å². The van der Waals surface area contributed by atoms with Gasteiger partial charge in [-0.05, 0) is 11.6 Å². The Kier molecular flexibility index (Phi) is 2.71. The quantitative estimate of drug-likeness (QED) is 0.751. The molecule has 0 spiro atoms. The summed E-state index contributed by atoms with van der Waals surface area (Å²) in [6, 6.07) is 0. The normalized spacial score (nSPS) is 21.0. The maximum atomic E-state index is 5.57. The molecule has 2 heterocycles. The molecule has 0 unspecified atom stereocenters. The maximum Gasteiger partial charge on any atom is 0.320 e. The molecule has 0 aromatic carbocycles. The minimum absolute atomic E-state index is 0.0444. The Morgan fingerprint density at radius 2 is 2.14 bits per heavy atom. The summed E-state index contributed by atoms with van der Waals surface area (Å²) >= 11 is 5.57. The molecule has 0 N–H and O–H groups in total. The summed E-state index contributed by atoms with van der Waals surface area (Å²) in [7, 11) is 1.63. The fourth-order valence-corrected chi connectivity index (χ4v) is 1.72. The van der Waals surface area contributed by atoms with Gasteiger partial charge in [0, 0.05) is 33.2 Å². The van der Waals surface area contributed by atoms with Crippen molar-refractivity contribution in [1.82, 2.24) is 10.1 Å². The zero-order valence-corrected chi connectivity index (χ0v) is 8.58. The van der Waals surface area contributed by atoms with Gasteiger partial charge in [-0.25, -0.2) is 0 Å². The number of rotatable bonds is 2. The highest BCUT2D eigenvalue weighted by Gasteiger charge is 2.39. The van der Waals surface area contributed by atoms with Gasteiger partial charge in [0.2, 0.25) is 5.82 Å². The highest BCUT2D eigenvalue weighted by molar-refractivity contribution is 6.27. The van der Waals surface area contributed by atoms with Crippen molar-refractivity contribution in [3.05, 3.63) is 11.2 Å². The van der Waals surface area contributed by atoms with Gasteiger partial charge in [0.1, 0.15) is 5.60 Å². The van der Waals surface area contributed by atoms with Gasteiger partial charge < -0.3 is 14.0 Å². The minimum Gasteiger partial charge on any atom is -0.381 e. The molecular formula is C8H11ClN2O3. The van der Waals surface area contributed by atoms with Crippen molar-refractivity contribution in [3.8, 4) is 0 Å². The first-order valence-electron chi connectivity index (χ1n) is 4.39. The van der Waals surface area contributed by atoms with E-state index < -0.39 is 5.60 Å². The number of ether oxygens (including phenoxy) is 2.